The van der Waals surface area contributed by atoms with Gasteiger partial charge in [0.25, 0.3) is 5.56 Å². The van der Waals surface area contributed by atoms with Crippen LogP contribution in [0.25, 0.3) is 11.3 Å². The van der Waals surface area contributed by atoms with E-state index in [0.29, 0.717) is 18.8 Å². The Balaban J connectivity index is 1.54. The number of hydrogen-bond acceptors (Lipinski definition) is 5. The monoisotopic (exact) mass is 350 g/mol. The van der Waals surface area contributed by atoms with Crippen LogP contribution in [0.4, 0.5) is 0 Å². The second kappa shape index (κ2) is 8.57. The molecule has 3 aromatic rings. The molecule has 26 heavy (non-hydrogen) atoms. The average Bonchev–Trinajstić information content (AvgIpc) is 2.68. The van der Waals surface area contributed by atoms with Crippen LogP contribution in [0, 0.1) is 0 Å². The van der Waals surface area contributed by atoms with Gasteiger partial charge in [0.05, 0.1) is 12.2 Å². The Labute approximate surface area is 150 Å². The van der Waals surface area contributed by atoms with E-state index in [1.165, 1.54) is 6.07 Å². The van der Waals surface area contributed by atoms with Gasteiger partial charge in [0.15, 0.2) is 0 Å². The van der Waals surface area contributed by atoms with E-state index in [2.05, 4.69) is 15.4 Å². The summed E-state index contributed by atoms with van der Waals surface area (Å²) in [6, 6.07) is 15.9. The molecule has 7 heteroatoms. The first-order valence-electron chi connectivity index (χ1n) is 8.15. The summed E-state index contributed by atoms with van der Waals surface area (Å²) >= 11 is 0. The number of benzene rings is 1. The third-order valence-electron chi connectivity index (χ3n) is 3.57. The molecule has 3 rings (SSSR count). The molecule has 0 spiro atoms. The van der Waals surface area contributed by atoms with Crippen LogP contribution in [0.5, 0.6) is 5.75 Å². The lowest BCUT2D eigenvalue weighted by molar-refractivity contribution is -0.122. The molecule has 132 valence electrons. The van der Waals surface area contributed by atoms with E-state index in [-0.39, 0.29) is 18.0 Å². The number of amides is 1. The zero-order valence-corrected chi connectivity index (χ0v) is 14.0. The van der Waals surface area contributed by atoms with Gasteiger partial charge in [-0.25, -0.2) is 4.68 Å². The molecule has 1 N–H and O–H groups in total. The van der Waals surface area contributed by atoms with E-state index in [0.717, 1.165) is 16.0 Å². The molecule has 0 unspecified atom stereocenters. The van der Waals surface area contributed by atoms with Crippen molar-refractivity contribution >= 4 is 5.91 Å². The summed E-state index contributed by atoms with van der Waals surface area (Å²) in [5, 5.41) is 6.96. The average molecular weight is 350 g/mol. The third-order valence-corrected chi connectivity index (χ3v) is 3.57. The highest BCUT2D eigenvalue weighted by molar-refractivity contribution is 5.75. The summed E-state index contributed by atoms with van der Waals surface area (Å²) in [4.78, 5) is 27.9. The van der Waals surface area contributed by atoms with Crippen molar-refractivity contribution in [3.05, 3.63) is 77.3 Å². The Morgan fingerprint density at radius 3 is 2.58 bits per heavy atom. The molecule has 0 bridgehead atoms. The van der Waals surface area contributed by atoms with E-state index in [9.17, 15) is 9.59 Å². The van der Waals surface area contributed by atoms with Crippen molar-refractivity contribution in [3.63, 3.8) is 0 Å². The van der Waals surface area contributed by atoms with Crippen molar-refractivity contribution in [2.24, 2.45) is 0 Å². The molecule has 0 aliphatic carbocycles. The van der Waals surface area contributed by atoms with Gasteiger partial charge in [0.1, 0.15) is 18.9 Å². The van der Waals surface area contributed by atoms with Gasteiger partial charge in [-0.1, -0.05) is 18.2 Å². The lowest BCUT2D eigenvalue weighted by atomic mass is 10.2. The molecule has 2 heterocycles. The first kappa shape index (κ1) is 17.3. The molecule has 0 aliphatic rings. The maximum atomic E-state index is 12.0. The number of nitrogens with zero attached hydrogens (tertiary/aromatic N) is 3. The van der Waals surface area contributed by atoms with Crippen LogP contribution >= 0.6 is 0 Å². The maximum Gasteiger partial charge on any atom is 0.267 e. The van der Waals surface area contributed by atoms with Crippen LogP contribution < -0.4 is 15.6 Å². The quantitative estimate of drug-likeness (QED) is 0.653. The van der Waals surface area contributed by atoms with E-state index in [1.807, 2.05) is 30.3 Å². The number of nitrogens with one attached hydrogen (secondary N) is 1. The van der Waals surface area contributed by atoms with Gasteiger partial charge < -0.3 is 10.1 Å². The molecule has 1 amide bonds. The number of carbonyl (C=O) groups excluding carboxylic acids is 1. The number of hydrogen-bond donors (Lipinski definition) is 1. The van der Waals surface area contributed by atoms with Crippen molar-refractivity contribution in [1.82, 2.24) is 20.1 Å². The summed E-state index contributed by atoms with van der Waals surface area (Å²) in [6.07, 6.45) is 3.29. The van der Waals surface area contributed by atoms with Gasteiger partial charge in [0.2, 0.25) is 5.91 Å². The Morgan fingerprint density at radius 2 is 1.81 bits per heavy atom. The first-order valence-corrected chi connectivity index (χ1v) is 8.15. The van der Waals surface area contributed by atoms with E-state index in [4.69, 9.17) is 4.74 Å². The molecule has 0 saturated heterocycles. The summed E-state index contributed by atoms with van der Waals surface area (Å²) < 4.78 is 6.64. The predicted octanol–water partition coefficient (Wildman–Crippen LogP) is 1.50. The highest BCUT2D eigenvalue weighted by Gasteiger charge is 2.07. The maximum absolute atomic E-state index is 12.0. The second-order valence-electron chi connectivity index (χ2n) is 5.46. The number of para-hydroxylation sites is 1. The van der Waals surface area contributed by atoms with Crippen LogP contribution in [0.1, 0.15) is 0 Å². The van der Waals surface area contributed by atoms with Gasteiger partial charge in [-0.15, -0.1) is 0 Å². The number of rotatable bonds is 7. The third kappa shape index (κ3) is 4.76. The van der Waals surface area contributed by atoms with Crippen LogP contribution in [0.15, 0.2) is 71.8 Å². The van der Waals surface area contributed by atoms with Crippen LogP contribution in [0.3, 0.4) is 0 Å². The molecule has 0 saturated carbocycles. The molecule has 0 aliphatic heterocycles. The molecule has 1 aromatic carbocycles. The molecular formula is C19H18N4O3. The summed E-state index contributed by atoms with van der Waals surface area (Å²) in [7, 11) is 0. The van der Waals surface area contributed by atoms with Crippen LogP contribution in [-0.4, -0.2) is 33.8 Å². The minimum atomic E-state index is -0.335. The number of carbonyl (C=O) groups is 1. The van der Waals surface area contributed by atoms with E-state index in [1.54, 1.807) is 30.6 Å². The summed E-state index contributed by atoms with van der Waals surface area (Å²) in [6.45, 7) is 0.532. The molecule has 2 aromatic heterocycles. The number of ether oxygens (including phenoxy) is 1. The predicted molar refractivity (Wildman–Crippen MR) is 96.7 cm³/mol. The number of aromatic nitrogens is 3. The summed E-state index contributed by atoms with van der Waals surface area (Å²) in [5.41, 5.74) is 1.09. The van der Waals surface area contributed by atoms with Crippen molar-refractivity contribution in [3.8, 4) is 17.0 Å². The zero-order chi connectivity index (χ0) is 18.2. The second-order valence-corrected chi connectivity index (χ2v) is 5.46. The Morgan fingerprint density at radius 1 is 1.04 bits per heavy atom. The molecular weight excluding hydrogens is 332 g/mol. The van der Waals surface area contributed by atoms with Crippen LogP contribution in [-0.2, 0) is 11.3 Å². The van der Waals surface area contributed by atoms with Gasteiger partial charge in [-0.05, 0) is 30.3 Å². The van der Waals surface area contributed by atoms with E-state index < -0.39 is 0 Å². The fraction of sp³-hybridized carbons (Fsp3) is 0.158. The standard InChI is InChI=1S/C19H18N4O3/c24-18(21-12-13-26-16-4-2-1-3-5-16)14-23-19(25)7-6-17(22-23)15-8-10-20-11-9-15/h1-11H,12-14H2,(H,21,24). The molecule has 0 atom stereocenters. The fourth-order valence-corrected chi connectivity index (χ4v) is 2.31. The fourth-order valence-electron chi connectivity index (χ4n) is 2.31. The Kier molecular flexibility index (Phi) is 5.72. The van der Waals surface area contributed by atoms with Crippen LogP contribution in [0.2, 0.25) is 0 Å². The van der Waals surface area contributed by atoms with Crippen molar-refractivity contribution < 1.29 is 9.53 Å². The molecule has 0 fully saturated rings. The lowest BCUT2D eigenvalue weighted by Crippen LogP contribution is -2.35. The zero-order valence-electron chi connectivity index (χ0n) is 14.0. The lowest BCUT2D eigenvalue weighted by Gasteiger charge is -2.09. The SMILES string of the molecule is O=C(Cn1nc(-c2ccncc2)ccc1=O)NCCOc1ccccc1. The Bertz CT molecular complexity index is 911. The minimum Gasteiger partial charge on any atom is -0.492 e. The largest absolute Gasteiger partial charge is 0.492 e. The smallest absolute Gasteiger partial charge is 0.267 e. The highest BCUT2D eigenvalue weighted by Crippen LogP contribution is 2.13. The normalized spacial score (nSPS) is 10.3. The molecule has 0 radical (unpaired) electrons. The van der Waals surface area contributed by atoms with Gasteiger partial charge in [-0.2, -0.15) is 5.10 Å². The van der Waals surface area contributed by atoms with E-state index >= 15 is 0 Å². The Hall–Kier alpha value is -3.48. The summed E-state index contributed by atoms with van der Waals surface area (Å²) in [5.74, 6) is 0.438. The van der Waals surface area contributed by atoms with Gasteiger partial charge in [-0.3, -0.25) is 14.6 Å². The van der Waals surface area contributed by atoms with Crippen molar-refractivity contribution in [1.29, 1.82) is 0 Å². The van der Waals surface area contributed by atoms with Crippen molar-refractivity contribution in [2.75, 3.05) is 13.2 Å². The first-order chi connectivity index (χ1) is 12.7. The minimum absolute atomic E-state index is 0.150. The molecule has 7 nitrogen and oxygen atoms in total. The van der Waals surface area contributed by atoms with Crippen molar-refractivity contribution in [2.45, 2.75) is 6.54 Å². The highest BCUT2D eigenvalue weighted by atomic mass is 16.5. The van der Waals surface area contributed by atoms with Gasteiger partial charge in [0, 0.05) is 24.0 Å². The topological polar surface area (TPSA) is 86.1 Å². The number of pyridine rings is 1. The van der Waals surface area contributed by atoms with Gasteiger partial charge >= 0.3 is 0 Å².